The largest absolute Gasteiger partial charge is 0.336 e. The van der Waals surface area contributed by atoms with Crippen LogP contribution in [-0.4, -0.2) is 19.9 Å². The number of aryl methyl sites for hydroxylation is 1. The van der Waals surface area contributed by atoms with Gasteiger partial charge in [0.1, 0.15) is 5.82 Å². The van der Waals surface area contributed by atoms with Gasteiger partial charge in [0.2, 0.25) is 5.16 Å². The molecule has 4 rings (SSSR count). The number of nitrogens with two attached hydrogens (primary N) is 1. The second-order valence-electron chi connectivity index (χ2n) is 6.41. The minimum Gasteiger partial charge on any atom is -0.336 e. The predicted octanol–water partition coefficient (Wildman–Crippen LogP) is 4.52. The van der Waals surface area contributed by atoms with E-state index in [2.05, 4.69) is 33.5 Å². The van der Waals surface area contributed by atoms with E-state index in [9.17, 15) is 4.39 Å². The van der Waals surface area contributed by atoms with E-state index in [1.54, 1.807) is 29.5 Å². The first-order chi connectivity index (χ1) is 14.1. The first-order valence-corrected chi connectivity index (χ1v) is 10.8. The topological polar surface area (TPSA) is 81.7 Å². The fraction of sp³-hybridized carbons (Fsp3) is 0.150. The first-order valence-electron chi connectivity index (χ1n) is 8.93. The number of thiazole rings is 1. The molecule has 4 aromatic rings. The number of nitrogen functional groups attached to an aromatic ring is 1. The molecule has 3 N–H and O–H groups in total. The maximum atomic E-state index is 13.9. The first kappa shape index (κ1) is 19.4. The monoisotopic (exact) mass is 426 g/mol. The molecule has 2 heterocycles. The molecule has 0 amide bonds. The van der Waals surface area contributed by atoms with Crippen LogP contribution in [0.25, 0.3) is 0 Å². The summed E-state index contributed by atoms with van der Waals surface area (Å²) in [5.41, 5.74) is 3.67. The molecule has 9 heteroatoms. The zero-order chi connectivity index (χ0) is 20.2. The van der Waals surface area contributed by atoms with Gasteiger partial charge in [-0.2, -0.15) is 0 Å². The molecule has 0 aliphatic heterocycles. The Morgan fingerprint density at radius 3 is 2.76 bits per heavy atom. The normalized spacial score (nSPS) is 11.0. The fourth-order valence-electron chi connectivity index (χ4n) is 2.74. The molecule has 2 aromatic heterocycles. The molecule has 0 atom stereocenters. The molecular weight excluding hydrogens is 407 g/mol. The van der Waals surface area contributed by atoms with E-state index in [1.807, 2.05) is 23.6 Å². The lowest BCUT2D eigenvalue weighted by Gasteiger charge is -2.05. The Balaban J connectivity index is 1.39. The molecule has 0 aliphatic rings. The lowest BCUT2D eigenvalue weighted by molar-refractivity contribution is 0.610. The zero-order valence-electron chi connectivity index (χ0n) is 15.7. The average molecular weight is 427 g/mol. The molecule has 0 saturated carbocycles. The number of rotatable bonds is 7. The summed E-state index contributed by atoms with van der Waals surface area (Å²) in [6.07, 6.45) is 0.290. The molecule has 0 saturated heterocycles. The van der Waals surface area contributed by atoms with Crippen molar-refractivity contribution in [3.63, 3.8) is 0 Å². The molecule has 2 aromatic carbocycles. The maximum Gasteiger partial charge on any atom is 0.210 e. The van der Waals surface area contributed by atoms with E-state index >= 15 is 0 Å². The number of hydrogen-bond acceptors (Lipinski definition) is 7. The summed E-state index contributed by atoms with van der Waals surface area (Å²) in [7, 11) is 0. The molecule has 0 bridgehead atoms. The molecule has 0 fully saturated rings. The summed E-state index contributed by atoms with van der Waals surface area (Å²) >= 11 is 3.00. The van der Waals surface area contributed by atoms with Gasteiger partial charge in [-0.15, -0.1) is 21.5 Å². The summed E-state index contributed by atoms with van der Waals surface area (Å²) in [6.45, 7) is 2.06. The Kier molecular flexibility index (Phi) is 5.77. The number of nitrogens with zero attached hydrogens (tertiary/aromatic N) is 4. The zero-order valence-corrected chi connectivity index (χ0v) is 17.3. The Labute approximate surface area is 176 Å². The van der Waals surface area contributed by atoms with Gasteiger partial charge >= 0.3 is 0 Å². The van der Waals surface area contributed by atoms with Crippen LogP contribution in [0.2, 0.25) is 0 Å². The second-order valence-corrected chi connectivity index (χ2v) is 8.21. The van der Waals surface area contributed by atoms with Crippen LogP contribution in [0.15, 0.2) is 59.1 Å². The van der Waals surface area contributed by atoms with Crippen molar-refractivity contribution >= 4 is 33.9 Å². The van der Waals surface area contributed by atoms with E-state index in [0.717, 1.165) is 22.1 Å². The van der Waals surface area contributed by atoms with Crippen LogP contribution >= 0.6 is 23.1 Å². The Morgan fingerprint density at radius 1 is 1.14 bits per heavy atom. The number of halogens is 1. The Hall–Kier alpha value is -2.91. The van der Waals surface area contributed by atoms with Crippen LogP contribution in [0.4, 0.5) is 15.2 Å². The summed E-state index contributed by atoms with van der Waals surface area (Å²) in [5, 5.41) is 15.0. The highest BCUT2D eigenvalue weighted by Gasteiger charge is 2.14. The minimum atomic E-state index is -0.277. The van der Waals surface area contributed by atoms with Crippen LogP contribution in [0, 0.1) is 12.7 Å². The van der Waals surface area contributed by atoms with Crippen LogP contribution < -0.4 is 11.2 Å². The number of anilines is 2. The van der Waals surface area contributed by atoms with Crippen LogP contribution in [0.5, 0.6) is 0 Å². The number of thioether (sulfide) groups is 1. The van der Waals surface area contributed by atoms with Crippen LogP contribution in [0.1, 0.15) is 22.6 Å². The average Bonchev–Trinajstić information content (AvgIpc) is 3.31. The van der Waals surface area contributed by atoms with Crippen molar-refractivity contribution in [3.8, 4) is 0 Å². The van der Waals surface area contributed by atoms with Gasteiger partial charge in [0.15, 0.2) is 11.0 Å². The Bertz CT molecular complexity index is 1120. The van der Waals surface area contributed by atoms with Crippen molar-refractivity contribution in [2.75, 3.05) is 11.2 Å². The molecule has 0 radical (unpaired) electrons. The fourth-order valence-corrected chi connectivity index (χ4v) is 4.33. The van der Waals surface area contributed by atoms with Gasteiger partial charge in [0.25, 0.3) is 0 Å². The van der Waals surface area contributed by atoms with Gasteiger partial charge in [-0.25, -0.2) is 14.1 Å². The number of nitrogens with one attached hydrogen (secondary N) is 1. The molecule has 0 unspecified atom stereocenters. The van der Waals surface area contributed by atoms with Gasteiger partial charge in [-0.05, 0) is 30.2 Å². The number of aromatic nitrogens is 4. The van der Waals surface area contributed by atoms with Gasteiger partial charge in [0, 0.05) is 23.2 Å². The molecule has 29 heavy (non-hydrogen) atoms. The molecule has 6 nitrogen and oxygen atoms in total. The third-order valence-corrected chi connectivity index (χ3v) is 6.11. The van der Waals surface area contributed by atoms with Gasteiger partial charge in [-0.1, -0.05) is 48.2 Å². The third-order valence-electron chi connectivity index (χ3n) is 4.33. The predicted molar refractivity (Wildman–Crippen MR) is 116 cm³/mol. The molecule has 0 aliphatic carbocycles. The van der Waals surface area contributed by atoms with Crippen molar-refractivity contribution in [2.24, 2.45) is 0 Å². The molecule has 148 valence electrons. The van der Waals surface area contributed by atoms with Crippen molar-refractivity contribution in [1.82, 2.24) is 19.9 Å². The highest BCUT2D eigenvalue weighted by Crippen LogP contribution is 2.27. The van der Waals surface area contributed by atoms with E-state index in [0.29, 0.717) is 22.3 Å². The van der Waals surface area contributed by atoms with Gasteiger partial charge in [-0.3, -0.25) is 0 Å². The van der Waals surface area contributed by atoms with E-state index in [1.165, 1.54) is 22.5 Å². The SMILES string of the molecule is Cc1ccccc1Nc1nc(CSc2nnc(Cc3ccccc3F)n2N)cs1. The summed E-state index contributed by atoms with van der Waals surface area (Å²) in [6, 6.07) is 14.7. The third kappa shape index (κ3) is 4.57. The Morgan fingerprint density at radius 2 is 1.93 bits per heavy atom. The van der Waals surface area contributed by atoms with E-state index in [4.69, 9.17) is 5.84 Å². The minimum absolute atomic E-state index is 0.277. The molecule has 0 spiro atoms. The van der Waals surface area contributed by atoms with Crippen molar-refractivity contribution in [3.05, 3.63) is 82.4 Å². The summed E-state index contributed by atoms with van der Waals surface area (Å²) in [5.74, 6) is 6.95. The van der Waals surface area contributed by atoms with Gasteiger partial charge in [0.05, 0.1) is 5.69 Å². The van der Waals surface area contributed by atoms with E-state index in [-0.39, 0.29) is 12.2 Å². The van der Waals surface area contributed by atoms with Crippen molar-refractivity contribution in [1.29, 1.82) is 0 Å². The maximum absolute atomic E-state index is 13.9. The molecular formula is C20H19FN6S2. The van der Waals surface area contributed by atoms with Crippen molar-refractivity contribution in [2.45, 2.75) is 24.3 Å². The van der Waals surface area contributed by atoms with Crippen LogP contribution in [0.3, 0.4) is 0 Å². The van der Waals surface area contributed by atoms with E-state index < -0.39 is 0 Å². The lowest BCUT2D eigenvalue weighted by atomic mass is 10.1. The quantitative estimate of drug-likeness (QED) is 0.334. The number of hydrogen-bond donors (Lipinski definition) is 2. The number of benzene rings is 2. The van der Waals surface area contributed by atoms with Crippen molar-refractivity contribution < 1.29 is 4.39 Å². The van der Waals surface area contributed by atoms with Gasteiger partial charge < -0.3 is 11.2 Å². The van der Waals surface area contributed by atoms with Crippen LogP contribution in [-0.2, 0) is 12.2 Å². The second kappa shape index (κ2) is 8.62. The highest BCUT2D eigenvalue weighted by molar-refractivity contribution is 7.98. The summed E-state index contributed by atoms with van der Waals surface area (Å²) < 4.78 is 15.3. The highest BCUT2D eigenvalue weighted by atomic mass is 32.2. The smallest absolute Gasteiger partial charge is 0.210 e. The summed E-state index contributed by atoms with van der Waals surface area (Å²) in [4.78, 5) is 4.62. The lowest BCUT2D eigenvalue weighted by Crippen LogP contribution is -2.14. The standard InChI is InChI=1S/C20H19FN6S2/c1-13-6-2-5-9-17(13)24-19-23-15(11-28-19)12-29-20-26-25-18(27(20)22)10-14-7-3-4-8-16(14)21/h2-9,11H,10,12,22H2,1H3,(H,23,24). The number of para-hydroxylation sites is 1.